The number of hydrogen-bond donors (Lipinski definition) is 2. The van der Waals surface area contributed by atoms with Gasteiger partial charge in [-0.05, 0) is 26.0 Å². The van der Waals surface area contributed by atoms with E-state index in [2.05, 4.69) is 25.8 Å². The van der Waals surface area contributed by atoms with Crippen molar-refractivity contribution in [2.45, 2.75) is 26.8 Å². The van der Waals surface area contributed by atoms with Crippen LogP contribution < -0.4 is 15.4 Å². The highest BCUT2D eigenvalue weighted by Crippen LogP contribution is 2.17. The van der Waals surface area contributed by atoms with E-state index in [1.807, 2.05) is 31.2 Å². The number of ether oxygens (including phenoxy) is 2. The molecule has 0 aliphatic heterocycles. The van der Waals surface area contributed by atoms with Crippen LogP contribution in [-0.4, -0.2) is 43.0 Å². The number of hydrogen-bond acceptors (Lipinski definition) is 6. The van der Waals surface area contributed by atoms with E-state index in [0.29, 0.717) is 37.4 Å². The maximum absolute atomic E-state index is 5.71. The van der Waals surface area contributed by atoms with Gasteiger partial charge in [-0.15, -0.1) is 24.0 Å². The average Bonchev–Trinajstić information content (AvgIpc) is 3.03. The topological polar surface area (TPSA) is 93.8 Å². The van der Waals surface area contributed by atoms with Gasteiger partial charge < -0.3 is 24.6 Å². The predicted molar refractivity (Wildman–Crippen MR) is 111 cm³/mol. The highest BCUT2D eigenvalue weighted by Gasteiger charge is 2.04. The molecule has 9 heteroatoms. The smallest absolute Gasteiger partial charge is 0.248 e. The molecule has 2 rings (SSSR count). The molecule has 0 saturated carbocycles. The minimum absolute atomic E-state index is 0. The summed E-state index contributed by atoms with van der Waals surface area (Å²) < 4.78 is 15.8. The number of guanidine groups is 1. The van der Waals surface area contributed by atoms with E-state index in [1.54, 1.807) is 14.0 Å². The summed E-state index contributed by atoms with van der Waals surface area (Å²) in [6.45, 7) is 6.12. The number of anilines is 1. The molecule has 0 atom stereocenters. The first-order valence-electron chi connectivity index (χ1n) is 8.27. The van der Waals surface area contributed by atoms with Crippen LogP contribution in [0.3, 0.4) is 0 Å². The number of methoxy groups -OCH3 is 1. The van der Waals surface area contributed by atoms with Crippen LogP contribution in [0.2, 0.25) is 0 Å². The van der Waals surface area contributed by atoms with Crippen molar-refractivity contribution >= 4 is 35.6 Å². The predicted octanol–water partition coefficient (Wildman–Crippen LogP) is 2.99. The summed E-state index contributed by atoms with van der Waals surface area (Å²) in [4.78, 5) is 8.59. The second-order valence-corrected chi connectivity index (χ2v) is 5.28. The highest BCUT2D eigenvalue weighted by molar-refractivity contribution is 14.0. The Balaban J connectivity index is 0.00000338. The summed E-state index contributed by atoms with van der Waals surface area (Å²) in [5.41, 5.74) is 0.880. The molecule has 0 unspecified atom stereocenters. The van der Waals surface area contributed by atoms with Gasteiger partial charge in [0.15, 0.2) is 11.8 Å². The molecule has 0 spiro atoms. The molecule has 0 saturated heterocycles. The fraction of sp³-hybridized carbons (Fsp3) is 0.471. The number of nitrogens with zero attached hydrogens (tertiary/aromatic N) is 3. The molecule has 0 radical (unpaired) electrons. The van der Waals surface area contributed by atoms with Gasteiger partial charge in [-0.2, -0.15) is 4.98 Å². The minimum atomic E-state index is 0. The van der Waals surface area contributed by atoms with Gasteiger partial charge in [-0.3, -0.25) is 0 Å². The van der Waals surface area contributed by atoms with E-state index >= 15 is 0 Å². The van der Waals surface area contributed by atoms with E-state index in [1.165, 1.54) is 0 Å². The molecule has 8 nitrogen and oxygen atoms in total. The van der Waals surface area contributed by atoms with Gasteiger partial charge in [0.2, 0.25) is 5.89 Å². The summed E-state index contributed by atoms with van der Waals surface area (Å²) >= 11 is 0. The van der Waals surface area contributed by atoms with Crippen LogP contribution in [-0.2, 0) is 11.3 Å². The molecule has 1 aromatic carbocycles. The number of nitrogens with one attached hydrogen (secondary N) is 2. The molecule has 0 aliphatic rings. The van der Waals surface area contributed by atoms with Crippen molar-refractivity contribution in [3.05, 3.63) is 36.0 Å². The number of halogens is 1. The summed E-state index contributed by atoms with van der Waals surface area (Å²) in [7, 11) is 1.68. The lowest BCUT2D eigenvalue weighted by molar-refractivity contribution is 0.172. The van der Waals surface area contributed by atoms with Crippen LogP contribution in [0, 0.1) is 6.92 Å². The number of aliphatic imine (C=N–C) groups is 1. The third kappa shape index (κ3) is 8.00. The van der Waals surface area contributed by atoms with Gasteiger partial charge in [0.1, 0.15) is 12.3 Å². The molecule has 1 heterocycles. The maximum atomic E-state index is 5.71. The molecular formula is C17H26IN5O3. The van der Waals surface area contributed by atoms with Crippen molar-refractivity contribution in [2.75, 3.05) is 32.2 Å². The maximum Gasteiger partial charge on any atom is 0.248 e. The molecule has 26 heavy (non-hydrogen) atoms. The van der Waals surface area contributed by atoms with Crippen LogP contribution in [0.4, 0.5) is 5.69 Å². The number of aromatic nitrogens is 2. The quantitative estimate of drug-likeness (QED) is 0.249. The molecular weight excluding hydrogens is 449 g/mol. The third-order valence-corrected chi connectivity index (χ3v) is 3.14. The Morgan fingerprint density at radius 2 is 2.15 bits per heavy atom. The fourth-order valence-electron chi connectivity index (χ4n) is 2.05. The average molecular weight is 475 g/mol. The largest absolute Gasteiger partial charge is 0.493 e. The molecule has 2 aromatic rings. The fourth-order valence-corrected chi connectivity index (χ4v) is 2.05. The summed E-state index contributed by atoms with van der Waals surface area (Å²) in [5, 5.41) is 10.2. The lowest BCUT2D eigenvalue weighted by Gasteiger charge is -2.12. The second kappa shape index (κ2) is 12.5. The van der Waals surface area contributed by atoms with Gasteiger partial charge in [0.05, 0.1) is 6.61 Å². The molecule has 2 N–H and O–H groups in total. The lowest BCUT2D eigenvalue weighted by Crippen LogP contribution is -2.30. The van der Waals surface area contributed by atoms with Crippen LogP contribution in [0.15, 0.2) is 33.8 Å². The Labute approximate surface area is 170 Å². The zero-order chi connectivity index (χ0) is 17.9. The lowest BCUT2D eigenvalue weighted by atomic mass is 10.3. The molecule has 0 bridgehead atoms. The van der Waals surface area contributed by atoms with E-state index in [0.717, 1.165) is 24.4 Å². The Hall–Kier alpha value is -1.88. The molecule has 1 aromatic heterocycles. The zero-order valence-electron chi connectivity index (χ0n) is 15.3. The first-order chi connectivity index (χ1) is 12.2. The Morgan fingerprint density at radius 1 is 1.31 bits per heavy atom. The van der Waals surface area contributed by atoms with Gasteiger partial charge in [-0.1, -0.05) is 11.2 Å². The molecule has 0 amide bonds. The van der Waals surface area contributed by atoms with Crippen LogP contribution in [0.5, 0.6) is 5.75 Å². The van der Waals surface area contributed by atoms with Crippen LogP contribution in [0.25, 0.3) is 0 Å². The van der Waals surface area contributed by atoms with Crippen molar-refractivity contribution < 1.29 is 14.0 Å². The molecule has 144 valence electrons. The van der Waals surface area contributed by atoms with Gasteiger partial charge in [0, 0.05) is 38.4 Å². The van der Waals surface area contributed by atoms with Gasteiger partial charge in [-0.25, -0.2) is 4.99 Å². The third-order valence-electron chi connectivity index (χ3n) is 3.14. The standard InChI is InChI=1S/C17H25N5O3.HI/c1-4-18-17(19-12-16-20-13(2)22-25-16)21-14-7-5-8-15(11-14)24-10-6-9-23-3;/h5,7-8,11H,4,6,9-10,12H2,1-3H3,(H2,18,19,21);1H. The molecule has 0 fully saturated rings. The van der Waals surface area contributed by atoms with Crippen molar-refractivity contribution in [1.29, 1.82) is 0 Å². The second-order valence-electron chi connectivity index (χ2n) is 5.28. The number of benzene rings is 1. The SMILES string of the molecule is CCNC(=NCc1nc(C)no1)Nc1cccc(OCCCOC)c1.I. The van der Waals surface area contributed by atoms with E-state index in [-0.39, 0.29) is 24.0 Å². The Bertz CT molecular complexity index is 678. The van der Waals surface area contributed by atoms with Crippen molar-refractivity contribution in [1.82, 2.24) is 15.5 Å². The van der Waals surface area contributed by atoms with Gasteiger partial charge in [0.25, 0.3) is 0 Å². The van der Waals surface area contributed by atoms with Crippen LogP contribution in [0.1, 0.15) is 25.1 Å². The van der Waals surface area contributed by atoms with E-state index in [9.17, 15) is 0 Å². The highest BCUT2D eigenvalue weighted by atomic mass is 127. The van der Waals surface area contributed by atoms with Crippen molar-refractivity contribution in [2.24, 2.45) is 4.99 Å². The first kappa shape index (κ1) is 22.2. The van der Waals surface area contributed by atoms with Gasteiger partial charge >= 0.3 is 0 Å². The van der Waals surface area contributed by atoms with Crippen molar-refractivity contribution in [3.63, 3.8) is 0 Å². The number of rotatable bonds is 9. The summed E-state index contributed by atoms with van der Waals surface area (Å²) in [6.07, 6.45) is 0.849. The normalized spacial score (nSPS) is 11.0. The van der Waals surface area contributed by atoms with Crippen molar-refractivity contribution in [3.8, 4) is 5.75 Å². The summed E-state index contributed by atoms with van der Waals surface area (Å²) in [5.74, 6) is 2.51. The Kier molecular flexibility index (Phi) is 10.6. The first-order valence-corrected chi connectivity index (χ1v) is 8.27. The van der Waals surface area contributed by atoms with E-state index in [4.69, 9.17) is 14.0 Å². The zero-order valence-corrected chi connectivity index (χ0v) is 17.6. The van der Waals surface area contributed by atoms with Crippen LogP contribution >= 0.6 is 24.0 Å². The number of aryl methyl sites for hydroxylation is 1. The summed E-state index contributed by atoms with van der Waals surface area (Å²) in [6, 6.07) is 7.73. The van der Waals surface area contributed by atoms with E-state index < -0.39 is 0 Å². The Morgan fingerprint density at radius 3 is 2.85 bits per heavy atom. The minimum Gasteiger partial charge on any atom is -0.493 e. The monoisotopic (exact) mass is 475 g/mol. The molecule has 0 aliphatic carbocycles.